The van der Waals surface area contributed by atoms with Crippen molar-refractivity contribution in [3.8, 4) is 0 Å². The molecular formula is C19H24N2O4S. The number of unbranched alkanes of at least 4 members (excludes halogenated alkanes) is 2. The van der Waals surface area contributed by atoms with Gasteiger partial charge < -0.3 is 9.73 Å². The second kappa shape index (κ2) is 9.94. The Morgan fingerprint density at radius 3 is 2.58 bits per heavy atom. The lowest BCUT2D eigenvalue weighted by atomic mass is 10.2. The SMILES string of the molecule is CCCCCNC(=O)/C=C/c1ccc(S(=O)(=O)NCc2ccco2)cc1. The lowest BCUT2D eigenvalue weighted by molar-refractivity contribution is -0.116. The number of rotatable bonds is 10. The topological polar surface area (TPSA) is 88.4 Å². The van der Waals surface area contributed by atoms with E-state index in [9.17, 15) is 13.2 Å². The van der Waals surface area contributed by atoms with Crippen LogP contribution < -0.4 is 10.0 Å². The summed E-state index contributed by atoms with van der Waals surface area (Å²) in [5.74, 6) is 0.385. The molecule has 26 heavy (non-hydrogen) atoms. The maximum Gasteiger partial charge on any atom is 0.243 e. The van der Waals surface area contributed by atoms with Crippen LogP contribution in [-0.4, -0.2) is 20.9 Å². The van der Waals surface area contributed by atoms with Crippen molar-refractivity contribution in [2.45, 2.75) is 37.6 Å². The van der Waals surface area contributed by atoms with Gasteiger partial charge in [0.15, 0.2) is 0 Å². The molecule has 0 bridgehead atoms. The summed E-state index contributed by atoms with van der Waals surface area (Å²) in [6.45, 7) is 2.86. The van der Waals surface area contributed by atoms with Crippen LogP contribution in [0.15, 0.2) is 58.1 Å². The first-order chi connectivity index (χ1) is 12.5. The first-order valence-corrected chi connectivity index (χ1v) is 10.1. The van der Waals surface area contributed by atoms with Crippen molar-refractivity contribution in [2.75, 3.05) is 6.54 Å². The van der Waals surface area contributed by atoms with Crippen LogP contribution in [0.1, 0.15) is 37.5 Å². The molecule has 2 N–H and O–H groups in total. The van der Waals surface area contributed by atoms with E-state index in [1.54, 1.807) is 30.3 Å². The summed E-state index contributed by atoms with van der Waals surface area (Å²) in [6.07, 6.45) is 7.76. The van der Waals surface area contributed by atoms with Crippen molar-refractivity contribution in [2.24, 2.45) is 0 Å². The molecule has 0 aliphatic heterocycles. The van der Waals surface area contributed by atoms with Crippen LogP contribution >= 0.6 is 0 Å². The molecule has 1 aromatic carbocycles. The molecule has 0 aliphatic carbocycles. The molecule has 0 saturated heterocycles. The highest BCUT2D eigenvalue weighted by Crippen LogP contribution is 2.12. The number of furan rings is 1. The Labute approximate surface area is 154 Å². The first kappa shape index (κ1) is 19.9. The maximum absolute atomic E-state index is 12.2. The Morgan fingerprint density at radius 2 is 1.92 bits per heavy atom. The van der Waals surface area contributed by atoms with Crippen LogP contribution in [0.5, 0.6) is 0 Å². The normalized spacial score (nSPS) is 11.7. The highest BCUT2D eigenvalue weighted by atomic mass is 32.2. The second-order valence-electron chi connectivity index (χ2n) is 5.80. The molecule has 0 saturated carbocycles. The fourth-order valence-electron chi connectivity index (χ4n) is 2.24. The average Bonchev–Trinajstić information content (AvgIpc) is 3.16. The molecule has 0 unspecified atom stereocenters. The van der Waals surface area contributed by atoms with Crippen molar-refractivity contribution < 1.29 is 17.6 Å². The Kier molecular flexibility index (Phi) is 7.62. The zero-order valence-electron chi connectivity index (χ0n) is 14.8. The Bertz CT molecular complexity index is 810. The Balaban J connectivity index is 1.88. The van der Waals surface area contributed by atoms with Gasteiger partial charge >= 0.3 is 0 Å². The van der Waals surface area contributed by atoms with Crippen LogP contribution in [0.25, 0.3) is 6.08 Å². The fraction of sp³-hybridized carbons (Fsp3) is 0.316. The average molecular weight is 376 g/mol. The molecule has 0 fully saturated rings. The van der Waals surface area contributed by atoms with E-state index in [0.717, 1.165) is 24.8 Å². The zero-order valence-corrected chi connectivity index (χ0v) is 15.6. The lowest BCUT2D eigenvalue weighted by Gasteiger charge is -2.05. The van der Waals surface area contributed by atoms with Crippen molar-refractivity contribution in [3.05, 3.63) is 60.1 Å². The van der Waals surface area contributed by atoms with Gasteiger partial charge in [-0.2, -0.15) is 0 Å². The van der Waals surface area contributed by atoms with E-state index < -0.39 is 10.0 Å². The Hall–Kier alpha value is -2.38. The number of carbonyl (C=O) groups excluding carboxylic acids is 1. The molecule has 0 aliphatic rings. The van der Waals surface area contributed by atoms with Gasteiger partial charge in [-0.1, -0.05) is 31.9 Å². The number of sulfonamides is 1. The summed E-state index contributed by atoms with van der Waals surface area (Å²) < 4.78 is 32.1. The van der Waals surface area contributed by atoms with Crippen LogP contribution in [0.2, 0.25) is 0 Å². The standard InChI is InChI=1S/C19H24N2O4S/c1-2-3-4-13-20-19(22)12-9-16-7-10-18(11-8-16)26(23,24)21-15-17-6-5-14-25-17/h5-12,14,21H,2-4,13,15H2,1H3,(H,20,22)/b12-9+. The quantitative estimate of drug-likeness (QED) is 0.493. The largest absolute Gasteiger partial charge is 0.468 e. The summed E-state index contributed by atoms with van der Waals surface area (Å²) in [5.41, 5.74) is 0.749. The van der Waals surface area contributed by atoms with Crippen molar-refractivity contribution in [3.63, 3.8) is 0 Å². The highest BCUT2D eigenvalue weighted by molar-refractivity contribution is 7.89. The Morgan fingerprint density at radius 1 is 1.15 bits per heavy atom. The number of hydrogen-bond acceptors (Lipinski definition) is 4. The van der Waals surface area contributed by atoms with Crippen LogP contribution in [0.4, 0.5) is 0 Å². The number of benzene rings is 1. The molecule has 7 heteroatoms. The minimum absolute atomic E-state index is 0.0925. The maximum atomic E-state index is 12.2. The summed E-state index contributed by atoms with van der Waals surface area (Å²) in [6, 6.07) is 9.71. The van der Waals surface area contributed by atoms with Gasteiger partial charge in [0.05, 0.1) is 17.7 Å². The molecule has 2 aromatic rings. The van der Waals surface area contributed by atoms with Gasteiger partial charge in [-0.3, -0.25) is 4.79 Å². The minimum atomic E-state index is -3.62. The van der Waals surface area contributed by atoms with Crippen molar-refractivity contribution in [1.29, 1.82) is 0 Å². The van der Waals surface area contributed by atoms with E-state index in [0.29, 0.717) is 12.3 Å². The number of hydrogen-bond donors (Lipinski definition) is 2. The monoisotopic (exact) mass is 376 g/mol. The van der Waals surface area contributed by atoms with Gasteiger partial charge in [-0.15, -0.1) is 0 Å². The minimum Gasteiger partial charge on any atom is -0.468 e. The summed E-state index contributed by atoms with van der Waals surface area (Å²) >= 11 is 0. The van der Waals surface area contributed by atoms with Crippen molar-refractivity contribution >= 4 is 22.0 Å². The molecule has 2 rings (SSSR count). The molecule has 0 spiro atoms. The molecule has 0 atom stereocenters. The van der Waals surface area contributed by atoms with Gasteiger partial charge in [0.1, 0.15) is 5.76 Å². The third-order valence-corrected chi connectivity index (χ3v) is 5.13. The molecule has 140 valence electrons. The molecule has 1 heterocycles. The van der Waals surface area contributed by atoms with E-state index in [1.807, 2.05) is 0 Å². The van der Waals surface area contributed by atoms with E-state index in [-0.39, 0.29) is 17.3 Å². The number of amides is 1. The predicted molar refractivity (Wildman–Crippen MR) is 101 cm³/mol. The molecule has 0 radical (unpaired) electrons. The van der Waals surface area contributed by atoms with Crippen LogP contribution in [0, 0.1) is 0 Å². The zero-order chi connectivity index (χ0) is 18.8. The van der Waals surface area contributed by atoms with E-state index in [1.165, 1.54) is 24.5 Å². The third kappa shape index (κ3) is 6.50. The van der Waals surface area contributed by atoms with Gasteiger partial charge in [0.25, 0.3) is 0 Å². The molecular weight excluding hydrogens is 352 g/mol. The smallest absolute Gasteiger partial charge is 0.243 e. The van der Waals surface area contributed by atoms with E-state index >= 15 is 0 Å². The van der Waals surface area contributed by atoms with Crippen LogP contribution in [-0.2, 0) is 21.4 Å². The van der Waals surface area contributed by atoms with E-state index in [2.05, 4.69) is 17.0 Å². The summed E-state index contributed by atoms with van der Waals surface area (Å²) in [4.78, 5) is 11.8. The molecule has 1 amide bonds. The predicted octanol–water partition coefficient (Wildman–Crippen LogP) is 3.08. The van der Waals surface area contributed by atoms with E-state index in [4.69, 9.17) is 4.42 Å². The number of carbonyl (C=O) groups is 1. The third-order valence-electron chi connectivity index (χ3n) is 3.71. The fourth-order valence-corrected chi connectivity index (χ4v) is 3.23. The molecule has 1 aromatic heterocycles. The van der Waals surface area contributed by atoms with Crippen LogP contribution in [0.3, 0.4) is 0 Å². The van der Waals surface area contributed by atoms with Gasteiger partial charge in [-0.05, 0) is 42.3 Å². The summed E-state index contributed by atoms with van der Waals surface area (Å²) in [7, 11) is -3.62. The first-order valence-electron chi connectivity index (χ1n) is 8.59. The second-order valence-corrected chi connectivity index (χ2v) is 7.57. The van der Waals surface area contributed by atoms with Gasteiger partial charge in [0, 0.05) is 12.6 Å². The van der Waals surface area contributed by atoms with Gasteiger partial charge in [0.2, 0.25) is 15.9 Å². The molecule has 6 nitrogen and oxygen atoms in total. The van der Waals surface area contributed by atoms with Crippen molar-refractivity contribution in [1.82, 2.24) is 10.0 Å². The lowest BCUT2D eigenvalue weighted by Crippen LogP contribution is -2.23. The summed E-state index contributed by atoms with van der Waals surface area (Å²) in [5, 5.41) is 2.81. The number of nitrogens with one attached hydrogen (secondary N) is 2. The highest BCUT2D eigenvalue weighted by Gasteiger charge is 2.13. The van der Waals surface area contributed by atoms with Gasteiger partial charge in [-0.25, -0.2) is 13.1 Å².